The van der Waals surface area contributed by atoms with Crippen molar-refractivity contribution in [3.8, 4) is 0 Å². The number of nitrogens with zero attached hydrogens (tertiary/aromatic N) is 3. The second kappa shape index (κ2) is 4.51. The summed E-state index contributed by atoms with van der Waals surface area (Å²) in [5, 5.41) is 15.2. The number of carbonyl (C=O) groups excluding carboxylic acids is 1. The van der Waals surface area contributed by atoms with E-state index in [1.807, 2.05) is 6.92 Å². The fourth-order valence-electron chi connectivity index (χ4n) is 0.838. The number of tetrazole rings is 1. The first-order chi connectivity index (χ1) is 6.24. The minimum absolute atomic E-state index is 0.0305. The van der Waals surface area contributed by atoms with E-state index in [9.17, 15) is 4.79 Å². The molecule has 1 amide bonds. The normalized spacial score (nSPS) is 12.5. The molecule has 0 radical (unpaired) electrons. The average molecular weight is 185 g/mol. The van der Waals surface area contributed by atoms with Gasteiger partial charge in [0, 0.05) is 13.2 Å². The number of aromatic nitrogens is 4. The highest BCUT2D eigenvalue weighted by atomic mass is 16.5. The Morgan fingerprint density at radius 2 is 2.54 bits per heavy atom. The van der Waals surface area contributed by atoms with Crippen LogP contribution < -0.4 is 5.32 Å². The Bertz CT molecular complexity index is 260. The van der Waals surface area contributed by atoms with Crippen LogP contribution in [0.5, 0.6) is 0 Å². The molecule has 0 aliphatic rings. The van der Waals surface area contributed by atoms with Crippen LogP contribution in [-0.2, 0) is 4.74 Å². The first kappa shape index (κ1) is 9.59. The van der Waals surface area contributed by atoms with E-state index in [1.165, 1.54) is 0 Å². The number of H-pyrrole nitrogens is 1. The number of hydrogen-bond acceptors (Lipinski definition) is 5. The molecule has 1 aromatic rings. The number of nitrogens with one attached hydrogen (secondary N) is 2. The molecule has 0 aliphatic carbocycles. The molecular weight excluding hydrogens is 174 g/mol. The van der Waals surface area contributed by atoms with Gasteiger partial charge in [-0.1, -0.05) is 0 Å². The molecule has 0 aliphatic heterocycles. The summed E-state index contributed by atoms with van der Waals surface area (Å²) in [6.07, 6.45) is 0. The van der Waals surface area contributed by atoms with Gasteiger partial charge in [0.2, 0.25) is 0 Å². The third-order valence-corrected chi connectivity index (χ3v) is 1.34. The lowest BCUT2D eigenvalue weighted by Crippen LogP contribution is -2.36. The number of ether oxygens (including phenoxy) is 1. The van der Waals surface area contributed by atoms with Crippen LogP contribution >= 0.6 is 0 Å². The maximum Gasteiger partial charge on any atom is 0.293 e. The zero-order chi connectivity index (χ0) is 9.68. The van der Waals surface area contributed by atoms with Gasteiger partial charge in [0.05, 0.1) is 6.61 Å². The molecule has 0 spiro atoms. The molecular formula is C6H11N5O2. The summed E-state index contributed by atoms with van der Waals surface area (Å²) in [5.41, 5.74) is 0. The lowest BCUT2D eigenvalue weighted by molar-refractivity contribution is 0.0895. The van der Waals surface area contributed by atoms with Crippen LogP contribution in [-0.4, -0.2) is 46.3 Å². The lowest BCUT2D eigenvalue weighted by atomic mass is 10.3. The summed E-state index contributed by atoms with van der Waals surface area (Å²) in [6.45, 7) is 2.27. The average Bonchev–Trinajstić information content (AvgIpc) is 2.55. The Hall–Kier alpha value is -1.50. The summed E-state index contributed by atoms with van der Waals surface area (Å²) < 4.78 is 4.84. The molecule has 1 rings (SSSR count). The van der Waals surface area contributed by atoms with Crippen molar-refractivity contribution in [2.24, 2.45) is 0 Å². The molecule has 0 bridgehead atoms. The number of rotatable bonds is 4. The van der Waals surface area contributed by atoms with Crippen LogP contribution in [0.25, 0.3) is 0 Å². The van der Waals surface area contributed by atoms with Crippen LogP contribution in [0.2, 0.25) is 0 Å². The van der Waals surface area contributed by atoms with Gasteiger partial charge in [-0.15, -0.1) is 10.2 Å². The van der Waals surface area contributed by atoms with Crippen molar-refractivity contribution in [1.82, 2.24) is 25.9 Å². The standard InChI is InChI=1S/C6H11N5O2/c1-4(3-13-2)7-6(12)5-8-10-11-9-5/h4H,3H2,1-2H3,(H,7,12)(H,8,9,10,11). The van der Waals surface area contributed by atoms with Crippen molar-refractivity contribution < 1.29 is 9.53 Å². The first-order valence-electron chi connectivity index (χ1n) is 3.77. The molecule has 0 saturated carbocycles. The molecule has 72 valence electrons. The van der Waals surface area contributed by atoms with Crippen LogP contribution in [0.4, 0.5) is 0 Å². The number of amides is 1. The molecule has 2 N–H and O–H groups in total. The summed E-state index contributed by atoms with van der Waals surface area (Å²) in [6, 6.07) is -0.0731. The molecule has 1 heterocycles. The lowest BCUT2D eigenvalue weighted by Gasteiger charge is -2.10. The second-order valence-corrected chi connectivity index (χ2v) is 2.57. The first-order valence-corrected chi connectivity index (χ1v) is 3.77. The van der Waals surface area contributed by atoms with Gasteiger partial charge in [-0.2, -0.15) is 5.21 Å². The van der Waals surface area contributed by atoms with Gasteiger partial charge in [0.1, 0.15) is 0 Å². The zero-order valence-electron chi connectivity index (χ0n) is 7.44. The largest absolute Gasteiger partial charge is 0.383 e. The number of aromatic amines is 1. The Morgan fingerprint density at radius 1 is 1.77 bits per heavy atom. The Labute approximate surface area is 74.9 Å². The van der Waals surface area contributed by atoms with Gasteiger partial charge in [-0.3, -0.25) is 4.79 Å². The van der Waals surface area contributed by atoms with E-state index in [0.29, 0.717) is 6.61 Å². The van der Waals surface area contributed by atoms with E-state index in [2.05, 4.69) is 25.9 Å². The Balaban J connectivity index is 2.42. The fourth-order valence-corrected chi connectivity index (χ4v) is 0.838. The SMILES string of the molecule is COCC(C)NC(=O)c1nn[nH]n1. The van der Waals surface area contributed by atoms with Crippen LogP contribution in [0.1, 0.15) is 17.5 Å². The quantitative estimate of drug-likeness (QED) is 0.625. The monoisotopic (exact) mass is 185 g/mol. The minimum atomic E-state index is -0.363. The molecule has 0 saturated heterocycles. The van der Waals surface area contributed by atoms with E-state index in [1.54, 1.807) is 7.11 Å². The minimum Gasteiger partial charge on any atom is -0.383 e. The molecule has 7 heteroatoms. The van der Waals surface area contributed by atoms with E-state index in [-0.39, 0.29) is 17.8 Å². The molecule has 13 heavy (non-hydrogen) atoms. The van der Waals surface area contributed by atoms with Gasteiger partial charge in [0.15, 0.2) is 0 Å². The summed E-state index contributed by atoms with van der Waals surface area (Å²) in [7, 11) is 1.57. The third-order valence-electron chi connectivity index (χ3n) is 1.34. The predicted octanol–water partition coefficient (Wildman–Crippen LogP) is -1.04. The van der Waals surface area contributed by atoms with Gasteiger partial charge >= 0.3 is 0 Å². The Kier molecular flexibility index (Phi) is 3.32. The van der Waals surface area contributed by atoms with E-state index < -0.39 is 0 Å². The predicted molar refractivity (Wildman–Crippen MR) is 43.0 cm³/mol. The smallest absolute Gasteiger partial charge is 0.293 e. The van der Waals surface area contributed by atoms with Gasteiger partial charge in [0.25, 0.3) is 11.7 Å². The highest BCUT2D eigenvalue weighted by Gasteiger charge is 2.12. The molecule has 1 unspecified atom stereocenters. The third kappa shape index (κ3) is 2.79. The number of carbonyl (C=O) groups is 1. The van der Waals surface area contributed by atoms with E-state index >= 15 is 0 Å². The summed E-state index contributed by atoms with van der Waals surface area (Å²) >= 11 is 0. The van der Waals surface area contributed by atoms with E-state index in [0.717, 1.165) is 0 Å². The number of hydrogen-bond donors (Lipinski definition) is 2. The van der Waals surface area contributed by atoms with Crippen molar-refractivity contribution in [2.45, 2.75) is 13.0 Å². The summed E-state index contributed by atoms with van der Waals surface area (Å²) in [5.74, 6) is -0.332. The molecule has 7 nitrogen and oxygen atoms in total. The van der Waals surface area contributed by atoms with E-state index in [4.69, 9.17) is 4.74 Å². The highest BCUT2D eigenvalue weighted by molar-refractivity contribution is 5.90. The molecule has 0 aromatic carbocycles. The van der Waals surface area contributed by atoms with Crippen molar-refractivity contribution in [3.63, 3.8) is 0 Å². The van der Waals surface area contributed by atoms with Crippen molar-refractivity contribution >= 4 is 5.91 Å². The Morgan fingerprint density at radius 3 is 3.08 bits per heavy atom. The molecule has 0 fully saturated rings. The fraction of sp³-hybridized carbons (Fsp3) is 0.667. The summed E-state index contributed by atoms with van der Waals surface area (Å²) in [4.78, 5) is 11.2. The van der Waals surface area contributed by atoms with Gasteiger partial charge in [-0.05, 0) is 12.1 Å². The zero-order valence-corrected chi connectivity index (χ0v) is 7.44. The van der Waals surface area contributed by atoms with Crippen LogP contribution in [0, 0.1) is 0 Å². The van der Waals surface area contributed by atoms with Crippen molar-refractivity contribution in [3.05, 3.63) is 5.82 Å². The van der Waals surface area contributed by atoms with Crippen molar-refractivity contribution in [2.75, 3.05) is 13.7 Å². The maximum absolute atomic E-state index is 11.2. The number of methoxy groups -OCH3 is 1. The maximum atomic E-state index is 11.2. The van der Waals surface area contributed by atoms with Crippen molar-refractivity contribution in [1.29, 1.82) is 0 Å². The van der Waals surface area contributed by atoms with Gasteiger partial charge in [-0.25, -0.2) is 0 Å². The highest BCUT2D eigenvalue weighted by Crippen LogP contribution is 1.87. The van der Waals surface area contributed by atoms with Crippen LogP contribution in [0.3, 0.4) is 0 Å². The molecule has 1 aromatic heterocycles. The van der Waals surface area contributed by atoms with Gasteiger partial charge < -0.3 is 10.1 Å². The van der Waals surface area contributed by atoms with Crippen LogP contribution in [0.15, 0.2) is 0 Å². The second-order valence-electron chi connectivity index (χ2n) is 2.57. The topological polar surface area (TPSA) is 92.8 Å². The molecule has 1 atom stereocenters.